The highest BCUT2D eigenvalue weighted by molar-refractivity contribution is 5.84. The van der Waals surface area contributed by atoms with E-state index in [1.807, 2.05) is 30.3 Å². The molecule has 31 heavy (non-hydrogen) atoms. The van der Waals surface area contributed by atoms with E-state index in [1.165, 1.54) is 6.33 Å². The first-order chi connectivity index (χ1) is 14.7. The molecule has 1 atom stereocenters. The maximum Gasteiger partial charge on any atom is 0.407 e. The fourth-order valence-electron chi connectivity index (χ4n) is 2.73. The molecule has 1 unspecified atom stereocenters. The molecule has 1 heterocycles. The SMILES string of the molecule is CC(C)(C)OC(=O)NCCNC(=O)C(CC(=O)OCc1ccccc1)Cc1cnc[nH]1. The number of aromatic amines is 1. The monoisotopic (exact) mass is 430 g/mol. The molecule has 0 radical (unpaired) electrons. The molecule has 0 bridgehead atoms. The molecule has 0 saturated heterocycles. The first-order valence-corrected chi connectivity index (χ1v) is 10.1. The molecule has 9 nitrogen and oxygen atoms in total. The van der Waals surface area contributed by atoms with Crippen molar-refractivity contribution >= 4 is 18.0 Å². The van der Waals surface area contributed by atoms with E-state index < -0.39 is 23.6 Å². The Balaban J connectivity index is 1.83. The molecule has 0 aliphatic carbocycles. The Kier molecular flexibility index (Phi) is 9.05. The summed E-state index contributed by atoms with van der Waals surface area (Å²) < 4.78 is 10.5. The molecule has 1 aromatic carbocycles. The van der Waals surface area contributed by atoms with Gasteiger partial charge in [0.05, 0.1) is 18.7 Å². The zero-order chi connectivity index (χ0) is 22.7. The van der Waals surface area contributed by atoms with Gasteiger partial charge in [-0.3, -0.25) is 9.59 Å². The number of imidazole rings is 1. The van der Waals surface area contributed by atoms with Gasteiger partial charge in [0.25, 0.3) is 0 Å². The van der Waals surface area contributed by atoms with E-state index in [4.69, 9.17) is 9.47 Å². The average Bonchev–Trinajstić information content (AvgIpc) is 3.21. The van der Waals surface area contributed by atoms with Crippen molar-refractivity contribution in [2.75, 3.05) is 13.1 Å². The highest BCUT2D eigenvalue weighted by Crippen LogP contribution is 2.13. The molecular weight excluding hydrogens is 400 g/mol. The molecule has 2 aromatic rings. The first-order valence-electron chi connectivity index (χ1n) is 10.1. The Labute approximate surface area is 181 Å². The number of nitrogens with one attached hydrogen (secondary N) is 3. The predicted molar refractivity (Wildman–Crippen MR) is 114 cm³/mol. The van der Waals surface area contributed by atoms with E-state index in [2.05, 4.69) is 20.6 Å². The summed E-state index contributed by atoms with van der Waals surface area (Å²) in [6.07, 6.45) is 2.81. The lowest BCUT2D eigenvalue weighted by Crippen LogP contribution is -2.40. The number of H-pyrrole nitrogens is 1. The Morgan fingerprint density at radius 2 is 1.81 bits per heavy atom. The number of benzene rings is 1. The maximum atomic E-state index is 12.7. The van der Waals surface area contributed by atoms with Gasteiger partial charge < -0.3 is 25.1 Å². The fourth-order valence-corrected chi connectivity index (χ4v) is 2.73. The van der Waals surface area contributed by atoms with Crippen molar-refractivity contribution in [1.82, 2.24) is 20.6 Å². The van der Waals surface area contributed by atoms with Crippen molar-refractivity contribution in [2.45, 2.75) is 45.8 Å². The molecular formula is C22H30N4O5. The summed E-state index contributed by atoms with van der Waals surface area (Å²) in [4.78, 5) is 43.5. The van der Waals surface area contributed by atoms with Gasteiger partial charge in [-0.1, -0.05) is 30.3 Å². The number of rotatable bonds is 10. The van der Waals surface area contributed by atoms with E-state index >= 15 is 0 Å². The van der Waals surface area contributed by atoms with Crippen LogP contribution >= 0.6 is 0 Å². The van der Waals surface area contributed by atoms with E-state index in [0.717, 1.165) is 11.3 Å². The van der Waals surface area contributed by atoms with Crippen molar-refractivity contribution in [3.05, 3.63) is 54.1 Å². The van der Waals surface area contributed by atoms with Crippen molar-refractivity contribution in [2.24, 2.45) is 5.92 Å². The zero-order valence-corrected chi connectivity index (χ0v) is 18.1. The summed E-state index contributed by atoms with van der Waals surface area (Å²) >= 11 is 0. The van der Waals surface area contributed by atoms with Crippen LogP contribution in [0, 0.1) is 5.92 Å². The molecule has 2 rings (SSSR count). The van der Waals surface area contributed by atoms with Gasteiger partial charge in [-0.2, -0.15) is 0 Å². The average molecular weight is 431 g/mol. The van der Waals surface area contributed by atoms with Crippen LogP contribution in [-0.2, 0) is 32.1 Å². The van der Waals surface area contributed by atoms with E-state index in [0.29, 0.717) is 6.42 Å². The highest BCUT2D eigenvalue weighted by Gasteiger charge is 2.24. The molecule has 0 fully saturated rings. The lowest BCUT2D eigenvalue weighted by atomic mass is 9.98. The normalized spacial score (nSPS) is 12.0. The molecule has 0 saturated carbocycles. The third-order valence-electron chi connectivity index (χ3n) is 4.14. The Bertz CT molecular complexity index is 831. The van der Waals surface area contributed by atoms with Crippen LogP contribution in [0.5, 0.6) is 0 Å². The number of nitrogens with zero attached hydrogens (tertiary/aromatic N) is 1. The van der Waals surface area contributed by atoms with Crippen molar-refractivity contribution in [3.63, 3.8) is 0 Å². The topological polar surface area (TPSA) is 122 Å². The summed E-state index contributed by atoms with van der Waals surface area (Å²) in [6, 6.07) is 9.33. The van der Waals surface area contributed by atoms with Gasteiger partial charge in [-0.05, 0) is 26.3 Å². The molecule has 2 amide bonds. The first kappa shape index (κ1) is 23.9. The molecule has 3 N–H and O–H groups in total. The minimum absolute atomic E-state index is 0.0722. The van der Waals surface area contributed by atoms with Gasteiger partial charge in [-0.15, -0.1) is 0 Å². The minimum atomic E-state index is -0.634. The number of carbonyl (C=O) groups excluding carboxylic acids is 3. The van der Waals surface area contributed by atoms with E-state index in [1.54, 1.807) is 27.0 Å². The lowest BCUT2D eigenvalue weighted by molar-refractivity contribution is -0.148. The number of alkyl carbamates (subject to hydrolysis) is 1. The van der Waals surface area contributed by atoms with Crippen LogP contribution in [0.25, 0.3) is 0 Å². The molecule has 0 spiro atoms. The third kappa shape index (κ3) is 9.79. The van der Waals surface area contributed by atoms with Crippen LogP contribution in [0.3, 0.4) is 0 Å². The second-order valence-electron chi connectivity index (χ2n) is 8.05. The molecule has 168 valence electrons. The van der Waals surface area contributed by atoms with Crippen LogP contribution < -0.4 is 10.6 Å². The van der Waals surface area contributed by atoms with Crippen LogP contribution in [0.2, 0.25) is 0 Å². The number of ether oxygens (including phenoxy) is 2. The van der Waals surface area contributed by atoms with Gasteiger partial charge in [0, 0.05) is 31.4 Å². The van der Waals surface area contributed by atoms with Gasteiger partial charge in [0.15, 0.2) is 0 Å². The van der Waals surface area contributed by atoms with Gasteiger partial charge in [0.1, 0.15) is 12.2 Å². The minimum Gasteiger partial charge on any atom is -0.461 e. The number of carbonyl (C=O) groups is 3. The summed E-state index contributed by atoms with van der Waals surface area (Å²) in [5, 5.41) is 5.32. The fraction of sp³-hybridized carbons (Fsp3) is 0.455. The number of aromatic nitrogens is 2. The molecule has 0 aliphatic heterocycles. The van der Waals surface area contributed by atoms with E-state index in [-0.39, 0.29) is 32.0 Å². The Morgan fingerprint density at radius 3 is 2.45 bits per heavy atom. The van der Waals surface area contributed by atoms with Crippen LogP contribution in [0.4, 0.5) is 4.79 Å². The highest BCUT2D eigenvalue weighted by atomic mass is 16.6. The lowest BCUT2D eigenvalue weighted by Gasteiger charge is -2.20. The summed E-state index contributed by atoms with van der Waals surface area (Å²) in [6.45, 7) is 5.87. The number of esters is 1. The third-order valence-corrected chi connectivity index (χ3v) is 4.14. The predicted octanol–water partition coefficient (Wildman–Crippen LogP) is 2.34. The summed E-state index contributed by atoms with van der Waals surface area (Å²) in [5.41, 5.74) is 1.02. The second-order valence-corrected chi connectivity index (χ2v) is 8.05. The second kappa shape index (κ2) is 11.7. The quantitative estimate of drug-likeness (QED) is 0.393. The van der Waals surface area contributed by atoms with Gasteiger partial charge >= 0.3 is 12.1 Å². The van der Waals surface area contributed by atoms with Crippen LogP contribution in [-0.4, -0.2) is 46.6 Å². The summed E-state index contributed by atoms with van der Waals surface area (Å²) in [7, 11) is 0. The molecule has 1 aromatic heterocycles. The Hall–Kier alpha value is -3.36. The Morgan fingerprint density at radius 1 is 1.10 bits per heavy atom. The van der Waals surface area contributed by atoms with Crippen LogP contribution in [0.15, 0.2) is 42.9 Å². The number of amides is 2. The van der Waals surface area contributed by atoms with Gasteiger partial charge in [0.2, 0.25) is 5.91 Å². The number of hydrogen-bond donors (Lipinski definition) is 3. The maximum absolute atomic E-state index is 12.7. The van der Waals surface area contributed by atoms with Crippen molar-refractivity contribution in [1.29, 1.82) is 0 Å². The van der Waals surface area contributed by atoms with Gasteiger partial charge in [-0.25, -0.2) is 9.78 Å². The van der Waals surface area contributed by atoms with Crippen LogP contribution in [0.1, 0.15) is 38.4 Å². The van der Waals surface area contributed by atoms with Crippen molar-refractivity contribution in [3.8, 4) is 0 Å². The molecule has 0 aliphatic rings. The smallest absolute Gasteiger partial charge is 0.407 e. The van der Waals surface area contributed by atoms with E-state index in [9.17, 15) is 14.4 Å². The largest absolute Gasteiger partial charge is 0.461 e. The summed E-state index contributed by atoms with van der Waals surface area (Å²) in [5.74, 6) is -1.40. The van der Waals surface area contributed by atoms with Crippen molar-refractivity contribution < 1.29 is 23.9 Å². The standard InChI is InChI=1S/C22H30N4O5/c1-22(2,3)31-21(29)25-10-9-24-20(28)17(11-18-13-23-15-26-18)12-19(27)30-14-16-7-5-4-6-8-16/h4-8,13,15,17H,9-12,14H2,1-3H3,(H,23,26)(H,24,28)(H,25,29). The molecule has 9 heteroatoms. The number of hydrogen-bond acceptors (Lipinski definition) is 6. The zero-order valence-electron chi connectivity index (χ0n) is 18.1.